The number of hydrogen-bond donors (Lipinski definition) is 0. The molecule has 1 aromatic heterocycles. The maximum Gasteiger partial charge on any atom is 0.326 e. The van der Waals surface area contributed by atoms with E-state index in [0.29, 0.717) is 24.7 Å². The molecule has 0 radical (unpaired) electrons. The van der Waals surface area contributed by atoms with Crippen molar-refractivity contribution in [3.8, 4) is 11.5 Å². The maximum atomic E-state index is 11.9. The van der Waals surface area contributed by atoms with E-state index in [-0.39, 0.29) is 19.1 Å². The monoisotopic (exact) mass is 321 g/mol. The van der Waals surface area contributed by atoms with E-state index in [4.69, 9.17) is 18.9 Å². The number of aromatic nitrogens is 1. The summed E-state index contributed by atoms with van der Waals surface area (Å²) in [6.45, 7) is 3.54. The Hall–Kier alpha value is -2.21. The van der Waals surface area contributed by atoms with Crippen molar-refractivity contribution >= 4 is 16.9 Å². The van der Waals surface area contributed by atoms with E-state index in [1.54, 1.807) is 14.2 Å². The second kappa shape index (κ2) is 8.43. The number of nitrogens with zero attached hydrogens (tertiary/aromatic N) is 1. The second-order valence-electron chi connectivity index (χ2n) is 5.04. The van der Waals surface area contributed by atoms with Gasteiger partial charge in [0.2, 0.25) is 0 Å². The van der Waals surface area contributed by atoms with E-state index in [1.165, 1.54) is 0 Å². The third-order valence-electron chi connectivity index (χ3n) is 3.42. The van der Waals surface area contributed by atoms with Crippen LogP contribution in [-0.2, 0) is 20.8 Å². The van der Waals surface area contributed by atoms with Gasteiger partial charge in [-0.25, -0.2) is 0 Å². The molecule has 0 aliphatic carbocycles. The third-order valence-corrected chi connectivity index (χ3v) is 3.42. The quantitative estimate of drug-likeness (QED) is 0.525. The van der Waals surface area contributed by atoms with Crippen LogP contribution in [0.2, 0.25) is 0 Å². The summed E-state index contributed by atoms with van der Waals surface area (Å²) >= 11 is 0. The molecule has 0 N–H and O–H groups in total. The fourth-order valence-electron chi connectivity index (χ4n) is 2.31. The highest BCUT2D eigenvalue weighted by molar-refractivity contribution is 5.89. The Morgan fingerprint density at radius 1 is 1.13 bits per heavy atom. The highest BCUT2D eigenvalue weighted by Crippen LogP contribution is 2.31. The van der Waals surface area contributed by atoms with Crippen LogP contribution in [0.1, 0.15) is 13.3 Å². The summed E-state index contributed by atoms with van der Waals surface area (Å²) in [6, 6.07) is 5.59. The van der Waals surface area contributed by atoms with Gasteiger partial charge in [-0.1, -0.05) is 6.92 Å². The average Bonchev–Trinajstić information content (AvgIpc) is 2.96. The van der Waals surface area contributed by atoms with Gasteiger partial charge in [0.1, 0.15) is 24.7 Å². The molecule has 23 heavy (non-hydrogen) atoms. The molecule has 0 saturated heterocycles. The minimum Gasteiger partial charge on any atom is -0.497 e. The zero-order valence-electron chi connectivity index (χ0n) is 13.8. The Labute approximate surface area is 135 Å². The van der Waals surface area contributed by atoms with Gasteiger partial charge in [0.25, 0.3) is 0 Å². The van der Waals surface area contributed by atoms with Crippen LogP contribution < -0.4 is 9.47 Å². The number of esters is 1. The number of carbonyl (C=O) groups is 1. The largest absolute Gasteiger partial charge is 0.497 e. The maximum absolute atomic E-state index is 11.9. The molecule has 0 aliphatic heterocycles. The van der Waals surface area contributed by atoms with E-state index in [9.17, 15) is 4.79 Å². The van der Waals surface area contributed by atoms with Gasteiger partial charge in [-0.3, -0.25) is 4.79 Å². The van der Waals surface area contributed by atoms with E-state index in [1.807, 2.05) is 35.9 Å². The molecule has 0 spiro atoms. The lowest BCUT2D eigenvalue weighted by atomic mass is 10.2. The molecule has 0 saturated carbocycles. The summed E-state index contributed by atoms with van der Waals surface area (Å²) in [5.74, 6) is 1.08. The Morgan fingerprint density at radius 2 is 1.96 bits per heavy atom. The normalized spacial score (nSPS) is 10.7. The Bertz CT molecular complexity index is 650. The van der Waals surface area contributed by atoms with Gasteiger partial charge in [0, 0.05) is 30.3 Å². The summed E-state index contributed by atoms with van der Waals surface area (Å²) in [4.78, 5) is 11.9. The van der Waals surface area contributed by atoms with Crippen molar-refractivity contribution in [2.75, 3.05) is 34.0 Å². The van der Waals surface area contributed by atoms with Crippen molar-refractivity contribution in [2.24, 2.45) is 0 Å². The first-order valence-electron chi connectivity index (χ1n) is 7.63. The van der Waals surface area contributed by atoms with Crippen LogP contribution in [0, 0.1) is 0 Å². The summed E-state index contributed by atoms with van der Waals surface area (Å²) < 4.78 is 22.9. The van der Waals surface area contributed by atoms with Gasteiger partial charge in [-0.2, -0.15) is 0 Å². The van der Waals surface area contributed by atoms with Crippen molar-refractivity contribution in [1.82, 2.24) is 4.57 Å². The first kappa shape index (κ1) is 17.1. The zero-order chi connectivity index (χ0) is 16.7. The average molecular weight is 321 g/mol. The molecule has 1 heterocycles. The van der Waals surface area contributed by atoms with Crippen LogP contribution in [0.25, 0.3) is 10.9 Å². The third kappa shape index (κ3) is 4.39. The smallest absolute Gasteiger partial charge is 0.326 e. The molecule has 2 rings (SSSR count). The number of carbonyl (C=O) groups excluding carboxylic acids is 1. The number of rotatable bonds is 9. The molecular weight excluding hydrogens is 298 g/mol. The van der Waals surface area contributed by atoms with Gasteiger partial charge in [0.05, 0.1) is 26.3 Å². The number of benzene rings is 1. The molecule has 126 valence electrons. The van der Waals surface area contributed by atoms with Crippen LogP contribution in [0.3, 0.4) is 0 Å². The molecule has 6 nitrogen and oxygen atoms in total. The molecule has 0 bridgehead atoms. The fraction of sp³-hybridized carbons (Fsp3) is 0.471. The van der Waals surface area contributed by atoms with Crippen LogP contribution in [-0.4, -0.2) is 44.6 Å². The Morgan fingerprint density at radius 3 is 2.65 bits per heavy atom. The number of methoxy groups -OCH3 is 2. The zero-order valence-corrected chi connectivity index (χ0v) is 13.8. The Kier molecular flexibility index (Phi) is 6.29. The molecule has 0 fully saturated rings. The standard InChI is InChI=1S/C17H23NO5/c1-4-7-22-8-9-23-17(19)12-18-6-5-14-15(18)10-13(20-2)11-16(14)21-3/h5-6,10-11H,4,7-9,12H2,1-3H3. The molecule has 0 unspecified atom stereocenters. The summed E-state index contributed by atoms with van der Waals surface area (Å²) in [5, 5.41) is 0.923. The van der Waals surface area contributed by atoms with Crippen LogP contribution in [0.5, 0.6) is 11.5 Å². The lowest BCUT2D eigenvalue weighted by Gasteiger charge is -2.10. The van der Waals surface area contributed by atoms with E-state index >= 15 is 0 Å². The van der Waals surface area contributed by atoms with Crippen LogP contribution >= 0.6 is 0 Å². The topological polar surface area (TPSA) is 58.9 Å². The van der Waals surface area contributed by atoms with E-state index in [0.717, 1.165) is 17.3 Å². The number of fused-ring (bicyclic) bond motifs is 1. The van der Waals surface area contributed by atoms with Crippen molar-refractivity contribution in [3.05, 3.63) is 24.4 Å². The van der Waals surface area contributed by atoms with Gasteiger partial charge in [-0.15, -0.1) is 0 Å². The summed E-state index contributed by atoms with van der Waals surface area (Å²) in [7, 11) is 3.20. The van der Waals surface area contributed by atoms with Crippen molar-refractivity contribution in [1.29, 1.82) is 0 Å². The summed E-state index contributed by atoms with van der Waals surface area (Å²) in [5.41, 5.74) is 0.861. The van der Waals surface area contributed by atoms with Crippen LogP contribution in [0.4, 0.5) is 0 Å². The van der Waals surface area contributed by atoms with Crippen LogP contribution in [0.15, 0.2) is 24.4 Å². The molecule has 0 atom stereocenters. The molecular formula is C17H23NO5. The minimum atomic E-state index is -0.301. The highest BCUT2D eigenvalue weighted by atomic mass is 16.6. The van der Waals surface area contributed by atoms with Gasteiger partial charge < -0.3 is 23.5 Å². The lowest BCUT2D eigenvalue weighted by molar-refractivity contribution is -0.145. The predicted octanol–water partition coefficient (Wildman–Crippen LogP) is 2.63. The summed E-state index contributed by atoms with van der Waals surface area (Å²) in [6.07, 6.45) is 2.79. The molecule has 0 amide bonds. The fourth-order valence-corrected chi connectivity index (χ4v) is 2.31. The predicted molar refractivity (Wildman–Crippen MR) is 87.1 cm³/mol. The molecule has 6 heteroatoms. The van der Waals surface area contributed by atoms with Crippen molar-refractivity contribution in [2.45, 2.75) is 19.9 Å². The van der Waals surface area contributed by atoms with Gasteiger partial charge in [-0.05, 0) is 12.5 Å². The molecule has 1 aromatic carbocycles. The van der Waals surface area contributed by atoms with Gasteiger partial charge in [0.15, 0.2) is 0 Å². The minimum absolute atomic E-state index is 0.133. The van der Waals surface area contributed by atoms with E-state index in [2.05, 4.69) is 0 Å². The second-order valence-corrected chi connectivity index (χ2v) is 5.04. The highest BCUT2D eigenvalue weighted by Gasteiger charge is 2.12. The first-order valence-corrected chi connectivity index (χ1v) is 7.63. The SMILES string of the molecule is CCCOCCOC(=O)Cn1ccc2c(OC)cc(OC)cc21. The van der Waals surface area contributed by atoms with Crippen molar-refractivity contribution < 1.29 is 23.7 Å². The van der Waals surface area contributed by atoms with Crippen molar-refractivity contribution in [3.63, 3.8) is 0 Å². The Balaban J connectivity index is 2.04. The number of ether oxygens (including phenoxy) is 4. The molecule has 0 aliphatic rings. The first-order chi connectivity index (χ1) is 11.2. The van der Waals surface area contributed by atoms with Gasteiger partial charge >= 0.3 is 5.97 Å². The van der Waals surface area contributed by atoms with E-state index < -0.39 is 0 Å². The molecule has 2 aromatic rings. The number of hydrogen-bond acceptors (Lipinski definition) is 5. The lowest BCUT2D eigenvalue weighted by Crippen LogP contribution is -2.16.